The van der Waals surface area contributed by atoms with Crippen molar-refractivity contribution in [2.24, 2.45) is 5.92 Å². The molecule has 200 valence electrons. The van der Waals surface area contributed by atoms with Gasteiger partial charge in [-0.15, -0.1) is 0 Å². The Kier molecular flexibility index (Phi) is 7.97. The van der Waals surface area contributed by atoms with Crippen molar-refractivity contribution in [2.45, 2.75) is 77.6 Å². The van der Waals surface area contributed by atoms with Crippen LogP contribution in [0.5, 0.6) is 0 Å². The fourth-order valence-electron chi connectivity index (χ4n) is 6.06. The summed E-state index contributed by atoms with van der Waals surface area (Å²) in [6.45, 7) is 6.37. The number of Topliss-reactive ketones (excluding diaryl/α,β-unsaturated/α-hetero) is 2. The lowest BCUT2D eigenvalue weighted by molar-refractivity contribution is -0.142. The molecule has 0 bridgehead atoms. The number of aromatic nitrogens is 1. The molecule has 1 aliphatic carbocycles. The highest BCUT2D eigenvalue weighted by atomic mass is 19.4. The number of fused-ring (bicyclic) bond motifs is 1. The van der Waals surface area contributed by atoms with E-state index < -0.39 is 18.6 Å². The van der Waals surface area contributed by atoms with E-state index in [0.29, 0.717) is 42.7 Å². The predicted molar refractivity (Wildman–Crippen MR) is 138 cm³/mol. The smallest absolute Gasteiger partial charge is 0.390 e. The van der Waals surface area contributed by atoms with Crippen LogP contribution in [0.2, 0.25) is 0 Å². The Labute approximate surface area is 215 Å². The standard InChI is InChI=1S/C29H35F3N2O3/c1-17-13-26(36)23(27(14-17)37-4)9-10-25(35)28-19(3)34(24-8-6-5-7-22(24)28)18(2)20-11-12-33-21(15-20)16-29(30,31)32/h5-8,14,18,20-21,33H,9-13,15-16H2,1-4H3. The van der Waals surface area contributed by atoms with Crippen molar-refractivity contribution in [1.29, 1.82) is 0 Å². The minimum atomic E-state index is -4.20. The highest BCUT2D eigenvalue weighted by Gasteiger charge is 2.36. The molecule has 3 unspecified atom stereocenters. The Bertz CT molecular complexity index is 1260. The van der Waals surface area contributed by atoms with Gasteiger partial charge in [-0.1, -0.05) is 23.8 Å². The summed E-state index contributed by atoms with van der Waals surface area (Å²) in [5, 5.41) is 3.86. The second-order valence-electron chi connectivity index (χ2n) is 10.4. The van der Waals surface area contributed by atoms with Crippen molar-refractivity contribution in [3.05, 3.63) is 58.5 Å². The topological polar surface area (TPSA) is 60.3 Å². The second kappa shape index (κ2) is 10.9. The Balaban J connectivity index is 1.61. The van der Waals surface area contributed by atoms with Gasteiger partial charge in [0, 0.05) is 52.7 Å². The Hall–Kier alpha value is -2.87. The molecule has 0 amide bonds. The van der Waals surface area contributed by atoms with Crippen molar-refractivity contribution in [3.8, 4) is 0 Å². The summed E-state index contributed by atoms with van der Waals surface area (Å²) in [4.78, 5) is 26.2. The van der Waals surface area contributed by atoms with Crippen molar-refractivity contribution < 1.29 is 27.5 Å². The molecule has 8 heteroatoms. The number of benzene rings is 1. The number of carbonyl (C=O) groups excluding carboxylic acids is 2. The van der Waals surface area contributed by atoms with Gasteiger partial charge in [0.25, 0.3) is 0 Å². The number of hydrogen-bond acceptors (Lipinski definition) is 4. The van der Waals surface area contributed by atoms with Gasteiger partial charge in [-0.25, -0.2) is 0 Å². The third-order valence-electron chi connectivity index (χ3n) is 7.81. The van der Waals surface area contributed by atoms with Gasteiger partial charge in [0.1, 0.15) is 5.76 Å². The summed E-state index contributed by atoms with van der Waals surface area (Å²) in [7, 11) is 1.53. The molecular weight excluding hydrogens is 481 g/mol. The third-order valence-corrected chi connectivity index (χ3v) is 7.81. The largest absolute Gasteiger partial charge is 0.496 e. The highest BCUT2D eigenvalue weighted by molar-refractivity contribution is 6.10. The van der Waals surface area contributed by atoms with Crippen molar-refractivity contribution in [1.82, 2.24) is 9.88 Å². The molecule has 1 saturated heterocycles. The minimum absolute atomic E-state index is 0.0169. The first kappa shape index (κ1) is 27.2. The number of nitrogens with one attached hydrogen (secondary N) is 1. The van der Waals surface area contributed by atoms with Crippen LogP contribution in [-0.4, -0.2) is 42.0 Å². The molecule has 2 aromatic rings. The van der Waals surface area contributed by atoms with E-state index in [1.54, 1.807) is 0 Å². The quantitative estimate of drug-likeness (QED) is 0.401. The van der Waals surface area contributed by atoms with E-state index in [4.69, 9.17) is 4.74 Å². The van der Waals surface area contributed by atoms with Crippen molar-refractivity contribution >= 4 is 22.5 Å². The van der Waals surface area contributed by atoms with Gasteiger partial charge in [-0.2, -0.15) is 13.2 Å². The van der Waals surface area contributed by atoms with Crippen LogP contribution in [0.3, 0.4) is 0 Å². The lowest BCUT2D eigenvalue weighted by Gasteiger charge is -2.35. The van der Waals surface area contributed by atoms with Gasteiger partial charge in [-0.05, 0) is 64.6 Å². The number of ether oxygens (including phenoxy) is 1. The highest BCUT2D eigenvalue weighted by Crippen LogP contribution is 2.38. The van der Waals surface area contributed by atoms with Crippen LogP contribution in [0.15, 0.2) is 47.2 Å². The summed E-state index contributed by atoms with van der Waals surface area (Å²) < 4.78 is 46.6. The molecule has 2 heterocycles. The van der Waals surface area contributed by atoms with Gasteiger partial charge in [-0.3, -0.25) is 9.59 Å². The molecule has 4 rings (SSSR count). The van der Waals surface area contributed by atoms with E-state index in [1.807, 2.05) is 51.1 Å². The number of methoxy groups -OCH3 is 1. The van der Waals surface area contributed by atoms with Gasteiger partial charge in [0.2, 0.25) is 0 Å². The number of nitrogens with zero attached hydrogens (tertiary/aromatic N) is 1. The van der Waals surface area contributed by atoms with E-state index in [1.165, 1.54) is 7.11 Å². The molecule has 0 spiro atoms. The number of allylic oxidation sites excluding steroid dienone is 3. The molecule has 0 saturated carbocycles. The summed E-state index contributed by atoms with van der Waals surface area (Å²) in [5.74, 6) is 0.502. The average molecular weight is 517 g/mol. The number of hydrogen-bond donors (Lipinski definition) is 1. The molecule has 5 nitrogen and oxygen atoms in total. The monoisotopic (exact) mass is 516 g/mol. The zero-order chi connectivity index (χ0) is 26.9. The Morgan fingerprint density at radius 3 is 2.68 bits per heavy atom. The maximum atomic E-state index is 13.6. The molecule has 0 radical (unpaired) electrons. The maximum absolute atomic E-state index is 13.6. The maximum Gasteiger partial charge on any atom is 0.390 e. The van der Waals surface area contributed by atoms with E-state index in [-0.39, 0.29) is 29.9 Å². The first-order chi connectivity index (χ1) is 17.5. The normalized spacial score (nSPS) is 21.8. The number of carbonyl (C=O) groups is 2. The van der Waals surface area contributed by atoms with Crippen LogP contribution >= 0.6 is 0 Å². The lowest BCUT2D eigenvalue weighted by Crippen LogP contribution is -2.42. The molecule has 3 atom stereocenters. The summed E-state index contributed by atoms with van der Waals surface area (Å²) in [6.07, 6.45) is -1.18. The molecular formula is C29H35F3N2O3. The fraction of sp³-hybridized carbons (Fsp3) is 0.517. The summed E-state index contributed by atoms with van der Waals surface area (Å²) in [6, 6.07) is 7.03. The zero-order valence-electron chi connectivity index (χ0n) is 21.9. The Morgan fingerprint density at radius 2 is 1.97 bits per heavy atom. The van der Waals surface area contributed by atoms with Crippen LogP contribution < -0.4 is 5.32 Å². The van der Waals surface area contributed by atoms with Crippen LogP contribution in [0.4, 0.5) is 13.2 Å². The Morgan fingerprint density at radius 1 is 1.24 bits per heavy atom. The number of ketones is 2. The van der Waals surface area contributed by atoms with E-state index >= 15 is 0 Å². The van der Waals surface area contributed by atoms with Gasteiger partial charge in [0.15, 0.2) is 11.6 Å². The molecule has 1 N–H and O–H groups in total. The van der Waals surface area contributed by atoms with E-state index in [9.17, 15) is 22.8 Å². The number of halogens is 3. The van der Waals surface area contributed by atoms with Gasteiger partial charge in [0.05, 0.1) is 13.5 Å². The lowest BCUT2D eigenvalue weighted by atomic mass is 9.85. The van der Waals surface area contributed by atoms with Gasteiger partial charge >= 0.3 is 6.18 Å². The van der Waals surface area contributed by atoms with E-state index in [2.05, 4.69) is 9.88 Å². The number of rotatable bonds is 8. The molecule has 37 heavy (non-hydrogen) atoms. The molecule has 1 aliphatic heterocycles. The van der Waals surface area contributed by atoms with Crippen LogP contribution in [0.25, 0.3) is 10.9 Å². The fourth-order valence-corrected chi connectivity index (χ4v) is 6.06. The van der Waals surface area contributed by atoms with E-state index in [0.717, 1.165) is 28.6 Å². The van der Waals surface area contributed by atoms with Crippen LogP contribution in [-0.2, 0) is 9.53 Å². The van der Waals surface area contributed by atoms with Crippen LogP contribution in [0, 0.1) is 12.8 Å². The van der Waals surface area contributed by atoms with Gasteiger partial charge < -0.3 is 14.6 Å². The zero-order valence-corrected chi connectivity index (χ0v) is 21.9. The average Bonchev–Trinajstić information content (AvgIpc) is 3.13. The third kappa shape index (κ3) is 5.84. The number of piperidine rings is 1. The summed E-state index contributed by atoms with van der Waals surface area (Å²) >= 11 is 0. The van der Waals surface area contributed by atoms with Crippen molar-refractivity contribution in [2.75, 3.05) is 13.7 Å². The molecule has 2 aliphatic rings. The molecule has 1 aromatic carbocycles. The minimum Gasteiger partial charge on any atom is -0.496 e. The predicted octanol–water partition coefficient (Wildman–Crippen LogP) is 6.61. The molecule has 1 fully saturated rings. The van der Waals surface area contributed by atoms with Crippen molar-refractivity contribution in [3.63, 3.8) is 0 Å². The SMILES string of the molecule is COC1=C(CCC(=O)c2c(C)n(C(C)C3CCNC(CC(F)(F)F)C3)c3ccccc23)C(=O)CC(C)=C1. The number of para-hydroxylation sites is 1. The first-order valence-electron chi connectivity index (χ1n) is 12.9. The summed E-state index contributed by atoms with van der Waals surface area (Å²) in [5.41, 5.74) is 3.82. The first-order valence-corrected chi connectivity index (χ1v) is 12.9. The number of alkyl halides is 3. The van der Waals surface area contributed by atoms with Crippen LogP contribution in [0.1, 0.15) is 74.5 Å². The molecule has 1 aromatic heterocycles. The second-order valence-corrected chi connectivity index (χ2v) is 10.4.